The van der Waals surface area contributed by atoms with Gasteiger partial charge in [0.05, 0.1) is 18.4 Å². The summed E-state index contributed by atoms with van der Waals surface area (Å²) in [4.78, 5) is 24.6. The number of ether oxygens (including phenoxy) is 2. The van der Waals surface area contributed by atoms with E-state index in [9.17, 15) is 9.59 Å². The molecule has 0 radical (unpaired) electrons. The standard InChI is InChI=1S/C21H25NO4/c1-14(19(23)22-17-8-6-7-9-18(17)25-5)26-20(24)15-10-12-16(13-11-15)21(2,3)4/h6-14H,1-5H3,(H,22,23)/t14-/m1/s1. The lowest BCUT2D eigenvalue weighted by Crippen LogP contribution is -2.30. The third-order valence-electron chi connectivity index (χ3n) is 4.00. The monoisotopic (exact) mass is 355 g/mol. The average Bonchev–Trinajstić information content (AvgIpc) is 2.61. The van der Waals surface area contributed by atoms with Crippen molar-refractivity contribution < 1.29 is 19.1 Å². The van der Waals surface area contributed by atoms with Crippen molar-refractivity contribution in [3.63, 3.8) is 0 Å². The second kappa shape index (κ2) is 8.04. The molecule has 0 heterocycles. The van der Waals surface area contributed by atoms with Crippen LogP contribution in [0.2, 0.25) is 0 Å². The van der Waals surface area contributed by atoms with Crippen LogP contribution in [-0.2, 0) is 14.9 Å². The van der Waals surface area contributed by atoms with Crippen molar-refractivity contribution in [3.05, 3.63) is 59.7 Å². The molecule has 5 nitrogen and oxygen atoms in total. The average molecular weight is 355 g/mol. The number of methoxy groups -OCH3 is 1. The summed E-state index contributed by atoms with van der Waals surface area (Å²) in [7, 11) is 1.52. The summed E-state index contributed by atoms with van der Waals surface area (Å²) in [5, 5.41) is 2.71. The lowest BCUT2D eigenvalue weighted by Gasteiger charge is -2.19. The van der Waals surface area contributed by atoms with Crippen molar-refractivity contribution in [2.45, 2.75) is 39.2 Å². The minimum absolute atomic E-state index is 0.00432. The Morgan fingerprint density at radius 1 is 1.00 bits per heavy atom. The van der Waals surface area contributed by atoms with E-state index < -0.39 is 18.0 Å². The molecule has 2 aromatic carbocycles. The minimum atomic E-state index is -0.935. The Morgan fingerprint density at radius 3 is 2.19 bits per heavy atom. The molecule has 138 valence electrons. The highest BCUT2D eigenvalue weighted by atomic mass is 16.5. The maximum Gasteiger partial charge on any atom is 0.338 e. The van der Waals surface area contributed by atoms with Crippen LogP contribution in [-0.4, -0.2) is 25.1 Å². The molecule has 0 bridgehead atoms. The number of carbonyl (C=O) groups excluding carboxylic acids is 2. The van der Waals surface area contributed by atoms with E-state index in [1.54, 1.807) is 36.4 Å². The van der Waals surface area contributed by atoms with Crippen LogP contribution < -0.4 is 10.1 Å². The number of nitrogens with one attached hydrogen (secondary N) is 1. The normalized spacial score (nSPS) is 12.2. The molecule has 1 N–H and O–H groups in total. The van der Waals surface area contributed by atoms with Crippen LogP contribution in [0.25, 0.3) is 0 Å². The van der Waals surface area contributed by atoms with E-state index in [0.717, 1.165) is 5.56 Å². The zero-order chi connectivity index (χ0) is 19.3. The van der Waals surface area contributed by atoms with Crippen LogP contribution in [0.15, 0.2) is 48.5 Å². The van der Waals surface area contributed by atoms with Crippen LogP contribution >= 0.6 is 0 Å². The smallest absolute Gasteiger partial charge is 0.338 e. The number of hydrogen-bond acceptors (Lipinski definition) is 4. The summed E-state index contributed by atoms with van der Waals surface area (Å²) in [6.45, 7) is 7.84. The van der Waals surface area contributed by atoms with Gasteiger partial charge >= 0.3 is 5.97 Å². The van der Waals surface area contributed by atoms with Crippen LogP contribution in [0.1, 0.15) is 43.6 Å². The number of anilines is 1. The Bertz CT molecular complexity index is 775. The molecule has 0 fully saturated rings. The van der Waals surface area contributed by atoms with Crippen LogP contribution in [0, 0.1) is 0 Å². The van der Waals surface area contributed by atoms with Gasteiger partial charge in [0, 0.05) is 0 Å². The summed E-state index contributed by atoms with van der Waals surface area (Å²) in [6, 6.07) is 14.3. The molecule has 0 aliphatic heterocycles. The summed E-state index contributed by atoms with van der Waals surface area (Å²) < 4.78 is 10.5. The van der Waals surface area contributed by atoms with Gasteiger partial charge in [0.2, 0.25) is 0 Å². The van der Waals surface area contributed by atoms with Crippen LogP contribution in [0.5, 0.6) is 5.75 Å². The molecule has 2 rings (SSSR count). The molecule has 26 heavy (non-hydrogen) atoms. The highest BCUT2D eigenvalue weighted by Gasteiger charge is 2.21. The van der Waals surface area contributed by atoms with Crippen LogP contribution in [0.3, 0.4) is 0 Å². The van der Waals surface area contributed by atoms with Crippen molar-refractivity contribution in [2.24, 2.45) is 0 Å². The van der Waals surface area contributed by atoms with E-state index in [1.807, 2.05) is 12.1 Å². The van der Waals surface area contributed by atoms with Crippen molar-refractivity contribution >= 4 is 17.6 Å². The summed E-state index contributed by atoms with van der Waals surface area (Å²) in [6.07, 6.45) is -0.935. The number of hydrogen-bond donors (Lipinski definition) is 1. The van der Waals surface area contributed by atoms with Gasteiger partial charge in [0.15, 0.2) is 6.10 Å². The fraction of sp³-hybridized carbons (Fsp3) is 0.333. The third kappa shape index (κ3) is 4.85. The second-order valence-corrected chi connectivity index (χ2v) is 7.06. The second-order valence-electron chi connectivity index (χ2n) is 7.06. The minimum Gasteiger partial charge on any atom is -0.495 e. The number of esters is 1. The van der Waals surface area contributed by atoms with Crippen molar-refractivity contribution in [2.75, 3.05) is 12.4 Å². The predicted octanol–water partition coefficient (Wildman–Crippen LogP) is 4.18. The lowest BCUT2D eigenvalue weighted by molar-refractivity contribution is -0.123. The SMILES string of the molecule is COc1ccccc1NC(=O)[C@@H](C)OC(=O)c1ccc(C(C)(C)C)cc1. The van der Waals surface area contributed by atoms with E-state index in [-0.39, 0.29) is 5.41 Å². The summed E-state index contributed by atoms with van der Waals surface area (Å²) in [5.74, 6) is -0.417. The van der Waals surface area contributed by atoms with E-state index in [2.05, 4.69) is 26.1 Å². The van der Waals surface area contributed by atoms with E-state index >= 15 is 0 Å². The van der Waals surface area contributed by atoms with Gasteiger partial charge < -0.3 is 14.8 Å². The third-order valence-corrected chi connectivity index (χ3v) is 4.00. The summed E-state index contributed by atoms with van der Waals surface area (Å²) in [5.41, 5.74) is 2.06. The highest BCUT2D eigenvalue weighted by Crippen LogP contribution is 2.24. The van der Waals surface area contributed by atoms with E-state index in [4.69, 9.17) is 9.47 Å². The first-order valence-corrected chi connectivity index (χ1v) is 8.48. The fourth-order valence-corrected chi connectivity index (χ4v) is 2.37. The Balaban J connectivity index is 2.01. The molecule has 0 unspecified atom stereocenters. The largest absolute Gasteiger partial charge is 0.495 e. The molecule has 5 heteroatoms. The van der Waals surface area contributed by atoms with Gasteiger partial charge in [-0.2, -0.15) is 0 Å². The number of amides is 1. The fourth-order valence-electron chi connectivity index (χ4n) is 2.37. The zero-order valence-corrected chi connectivity index (χ0v) is 15.8. The molecule has 0 aliphatic carbocycles. The lowest BCUT2D eigenvalue weighted by atomic mass is 9.87. The quantitative estimate of drug-likeness (QED) is 0.817. The Morgan fingerprint density at radius 2 is 1.62 bits per heavy atom. The molecular formula is C21H25NO4. The maximum atomic E-state index is 12.3. The molecule has 1 atom stereocenters. The maximum absolute atomic E-state index is 12.3. The van der Waals surface area contributed by atoms with E-state index in [1.165, 1.54) is 14.0 Å². The van der Waals surface area contributed by atoms with Crippen molar-refractivity contribution in [3.8, 4) is 5.75 Å². The van der Waals surface area contributed by atoms with Gasteiger partial charge in [0.1, 0.15) is 5.75 Å². The van der Waals surface area contributed by atoms with Gasteiger partial charge in [-0.25, -0.2) is 4.79 Å². The first-order valence-electron chi connectivity index (χ1n) is 8.48. The van der Waals surface area contributed by atoms with Gasteiger partial charge in [-0.15, -0.1) is 0 Å². The number of benzene rings is 2. The molecule has 0 saturated heterocycles. The predicted molar refractivity (Wildman–Crippen MR) is 102 cm³/mol. The van der Waals surface area contributed by atoms with Gasteiger partial charge in [0.25, 0.3) is 5.91 Å². The molecule has 0 aliphatic rings. The first kappa shape index (κ1) is 19.5. The highest BCUT2D eigenvalue weighted by molar-refractivity contribution is 5.98. The number of rotatable bonds is 5. The van der Waals surface area contributed by atoms with Crippen molar-refractivity contribution in [1.29, 1.82) is 0 Å². The molecule has 2 aromatic rings. The Labute approximate surface area is 154 Å². The summed E-state index contributed by atoms with van der Waals surface area (Å²) >= 11 is 0. The number of carbonyl (C=O) groups is 2. The van der Waals surface area contributed by atoms with Gasteiger partial charge in [-0.05, 0) is 42.2 Å². The van der Waals surface area contributed by atoms with Gasteiger partial charge in [-0.1, -0.05) is 45.0 Å². The zero-order valence-electron chi connectivity index (χ0n) is 15.8. The van der Waals surface area contributed by atoms with Gasteiger partial charge in [-0.3, -0.25) is 4.79 Å². The Kier molecular flexibility index (Phi) is 6.03. The molecule has 0 spiro atoms. The Hall–Kier alpha value is -2.82. The van der Waals surface area contributed by atoms with E-state index in [0.29, 0.717) is 17.0 Å². The van der Waals surface area contributed by atoms with Crippen molar-refractivity contribution in [1.82, 2.24) is 0 Å². The first-order chi connectivity index (χ1) is 12.2. The molecular weight excluding hydrogens is 330 g/mol. The molecule has 1 amide bonds. The molecule has 0 aromatic heterocycles. The topological polar surface area (TPSA) is 64.6 Å². The van der Waals surface area contributed by atoms with Crippen LogP contribution in [0.4, 0.5) is 5.69 Å². The molecule has 0 saturated carbocycles. The number of para-hydroxylation sites is 2.